The van der Waals surface area contributed by atoms with Gasteiger partial charge in [0, 0.05) is 12.1 Å². The summed E-state index contributed by atoms with van der Waals surface area (Å²) >= 11 is 0. The van der Waals surface area contributed by atoms with Gasteiger partial charge in [-0.1, -0.05) is 0 Å². The molecule has 1 rings (SSSR count). The first-order valence-corrected chi connectivity index (χ1v) is 4.47. The fraction of sp³-hybridized carbons (Fsp3) is 0. The van der Waals surface area contributed by atoms with Gasteiger partial charge in [-0.25, -0.2) is 0 Å². The predicted octanol–water partition coefficient (Wildman–Crippen LogP) is 0.110. The van der Waals surface area contributed by atoms with E-state index in [0.717, 1.165) is 18.3 Å². The van der Waals surface area contributed by atoms with Gasteiger partial charge in [-0.2, -0.15) is 5.10 Å². The van der Waals surface area contributed by atoms with Gasteiger partial charge in [0.1, 0.15) is 5.56 Å². The van der Waals surface area contributed by atoms with E-state index in [1.54, 1.807) is 0 Å². The second-order valence-corrected chi connectivity index (χ2v) is 2.99. The maximum absolute atomic E-state index is 10.7. The normalized spacial score (nSPS) is 10.2. The molecule has 10 heteroatoms. The van der Waals surface area contributed by atoms with Crippen LogP contribution in [0, 0.1) is 20.2 Å². The number of hydrogen-bond acceptors (Lipinski definition) is 6. The smallest absolute Gasteiger partial charge is 0.285 e. The third-order valence-corrected chi connectivity index (χ3v) is 1.81. The molecule has 0 amide bonds. The van der Waals surface area contributed by atoms with E-state index in [4.69, 9.17) is 11.5 Å². The first kappa shape index (κ1) is 13.0. The summed E-state index contributed by atoms with van der Waals surface area (Å²) in [6.45, 7) is 0. The van der Waals surface area contributed by atoms with Gasteiger partial charge < -0.3 is 11.5 Å². The summed E-state index contributed by atoms with van der Waals surface area (Å²) in [4.78, 5) is 19.9. The number of rotatable bonds is 4. The van der Waals surface area contributed by atoms with Gasteiger partial charge >= 0.3 is 0 Å². The van der Waals surface area contributed by atoms with E-state index in [1.165, 1.54) is 6.07 Å². The van der Waals surface area contributed by atoms with Crippen LogP contribution in [0.2, 0.25) is 0 Å². The summed E-state index contributed by atoms with van der Waals surface area (Å²) in [6, 6.07) is 3.43. The second-order valence-electron chi connectivity index (χ2n) is 2.99. The van der Waals surface area contributed by atoms with Crippen LogP contribution in [0.3, 0.4) is 0 Å². The van der Waals surface area contributed by atoms with Gasteiger partial charge in [0.25, 0.3) is 11.4 Å². The highest BCUT2D eigenvalue weighted by Gasteiger charge is 2.22. The highest BCUT2D eigenvalue weighted by Crippen LogP contribution is 2.26. The topological polar surface area (TPSA) is 163 Å². The molecular weight excluding hydrogens is 244 g/mol. The molecule has 94 valence electrons. The molecule has 10 nitrogen and oxygen atoms in total. The minimum absolute atomic E-state index is 0.280. The van der Waals surface area contributed by atoms with Crippen molar-refractivity contribution in [3.05, 3.63) is 44.0 Å². The van der Waals surface area contributed by atoms with Crippen LogP contribution in [0.4, 0.5) is 11.4 Å². The summed E-state index contributed by atoms with van der Waals surface area (Å²) in [7, 11) is 0. The number of guanidine groups is 1. The van der Waals surface area contributed by atoms with Gasteiger partial charge in [-0.05, 0) is 6.07 Å². The summed E-state index contributed by atoms with van der Waals surface area (Å²) in [6.07, 6.45) is 0.857. The van der Waals surface area contributed by atoms with Crippen LogP contribution < -0.4 is 11.5 Å². The van der Waals surface area contributed by atoms with Crippen molar-refractivity contribution in [3.63, 3.8) is 0 Å². The van der Waals surface area contributed by atoms with Gasteiger partial charge in [-0.15, -0.1) is 5.10 Å². The lowest BCUT2D eigenvalue weighted by Gasteiger charge is -1.98. The number of nitro benzene ring substituents is 2. The van der Waals surface area contributed by atoms with Crippen molar-refractivity contribution in [1.29, 1.82) is 0 Å². The van der Waals surface area contributed by atoms with Crippen LogP contribution >= 0.6 is 0 Å². The Hall–Kier alpha value is -3.04. The summed E-state index contributed by atoms with van der Waals surface area (Å²) in [5.74, 6) is -0.368. The Kier molecular flexibility index (Phi) is 3.86. The van der Waals surface area contributed by atoms with E-state index in [0.29, 0.717) is 0 Å². The Morgan fingerprint density at radius 2 is 1.67 bits per heavy atom. The molecule has 1 aromatic carbocycles. The third-order valence-electron chi connectivity index (χ3n) is 1.81. The largest absolute Gasteiger partial charge is 0.369 e. The fourth-order valence-electron chi connectivity index (χ4n) is 1.15. The van der Waals surface area contributed by atoms with E-state index in [-0.39, 0.29) is 11.5 Å². The molecular formula is C8H8N6O4. The zero-order chi connectivity index (χ0) is 13.7. The van der Waals surface area contributed by atoms with Gasteiger partial charge in [0.15, 0.2) is 0 Å². The Morgan fingerprint density at radius 3 is 2.06 bits per heavy atom. The van der Waals surface area contributed by atoms with E-state index < -0.39 is 21.2 Å². The van der Waals surface area contributed by atoms with Crippen molar-refractivity contribution in [2.45, 2.75) is 0 Å². The highest BCUT2D eigenvalue weighted by atomic mass is 16.6. The first-order valence-electron chi connectivity index (χ1n) is 4.47. The van der Waals surface area contributed by atoms with Crippen molar-refractivity contribution in [1.82, 2.24) is 0 Å². The SMILES string of the molecule is NC(N)=NN=Cc1c([N+](=O)[O-])cccc1[N+](=O)[O-]. The van der Waals surface area contributed by atoms with E-state index in [9.17, 15) is 20.2 Å². The maximum Gasteiger partial charge on any atom is 0.285 e. The van der Waals surface area contributed by atoms with Crippen LogP contribution in [0.15, 0.2) is 28.4 Å². The molecule has 0 aromatic heterocycles. The van der Waals surface area contributed by atoms with Crippen LogP contribution in [0.25, 0.3) is 0 Å². The Bertz CT molecular complexity index is 516. The quantitative estimate of drug-likeness (QED) is 0.334. The van der Waals surface area contributed by atoms with Crippen molar-refractivity contribution in [2.24, 2.45) is 21.7 Å². The molecule has 0 aliphatic carbocycles. The minimum Gasteiger partial charge on any atom is -0.369 e. The Morgan fingerprint density at radius 1 is 1.17 bits per heavy atom. The van der Waals surface area contributed by atoms with Crippen LogP contribution in [0.1, 0.15) is 5.56 Å². The molecule has 0 heterocycles. The summed E-state index contributed by atoms with van der Waals surface area (Å²) in [5, 5.41) is 28.0. The molecule has 0 spiro atoms. The lowest BCUT2D eigenvalue weighted by Crippen LogP contribution is -2.21. The molecule has 1 aromatic rings. The molecule has 4 N–H and O–H groups in total. The molecule has 0 saturated heterocycles. The van der Waals surface area contributed by atoms with Crippen molar-refractivity contribution in [2.75, 3.05) is 0 Å². The monoisotopic (exact) mass is 252 g/mol. The molecule has 0 radical (unpaired) electrons. The van der Waals surface area contributed by atoms with E-state index in [1.807, 2.05) is 0 Å². The van der Waals surface area contributed by atoms with Crippen molar-refractivity contribution in [3.8, 4) is 0 Å². The molecule has 0 fully saturated rings. The number of nitrogens with two attached hydrogens (primary N) is 2. The van der Waals surface area contributed by atoms with E-state index >= 15 is 0 Å². The Labute approximate surface area is 99.9 Å². The average Bonchev–Trinajstić information content (AvgIpc) is 2.28. The Balaban J connectivity index is 3.36. The zero-order valence-corrected chi connectivity index (χ0v) is 8.89. The van der Waals surface area contributed by atoms with Gasteiger partial charge in [0.2, 0.25) is 5.96 Å². The minimum atomic E-state index is -0.760. The highest BCUT2D eigenvalue weighted by molar-refractivity contribution is 5.91. The van der Waals surface area contributed by atoms with E-state index in [2.05, 4.69) is 10.2 Å². The summed E-state index contributed by atoms with van der Waals surface area (Å²) < 4.78 is 0. The van der Waals surface area contributed by atoms with Crippen molar-refractivity contribution >= 4 is 23.5 Å². The second kappa shape index (κ2) is 5.34. The third kappa shape index (κ3) is 2.98. The molecule has 0 aliphatic heterocycles. The standard InChI is InChI=1S/C8H8N6O4/c9-8(10)12-11-4-5-6(13(15)16)2-1-3-7(5)14(17)18/h1-4H,(H4,9,10,12). The maximum atomic E-state index is 10.7. The lowest BCUT2D eigenvalue weighted by molar-refractivity contribution is -0.394. The van der Waals surface area contributed by atoms with Crippen LogP contribution in [-0.2, 0) is 0 Å². The van der Waals surface area contributed by atoms with Gasteiger partial charge in [0.05, 0.1) is 16.1 Å². The average molecular weight is 252 g/mol. The van der Waals surface area contributed by atoms with Crippen molar-refractivity contribution < 1.29 is 9.85 Å². The van der Waals surface area contributed by atoms with Crippen LogP contribution in [0.5, 0.6) is 0 Å². The summed E-state index contributed by atoms with van der Waals surface area (Å²) in [5.41, 5.74) is 8.80. The van der Waals surface area contributed by atoms with Crippen LogP contribution in [-0.4, -0.2) is 22.0 Å². The number of hydrogen-bond donors (Lipinski definition) is 2. The van der Waals surface area contributed by atoms with Gasteiger partial charge in [-0.3, -0.25) is 20.2 Å². The first-order chi connectivity index (χ1) is 8.43. The molecule has 0 aliphatic rings. The molecule has 18 heavy (non-hydrogen) atoms. The molecule has 0 unspecified atom stereocenters. The number of nitro groups is 2. The lowest BCUT2D eigenvalue weighted by atomic mass is 10.1. The number of benzene rings is 1. The fourth-order valence-corrected chi connectivity index (χ4v) is 1.15. The molecule has 0 bridgehead atoms. The molecule has 0 atom stereocenters. The number of nitrogens with zero attached hydrogens (tertiary/aromatic N) is 4. The molecule has 0 saturated carbocycles. The predicted molar refractivity (Wildman–Crippen MR) is 63.2 cm³/mol. The zero-order valence-electron chi connectivity index (χ0n) is 8.89.